The maximum atomic E-state index is 12.1. The second-order valence-electron chi connectivity index (χ2n) is 4.42. The van der Waals surface area contributed by atoms with Crippen LogP contribution in [0.4, 0.5) is 0 Å². The van der Waals surface area contributed by atoms with E-state index in [9.17, 15) is 9.59 Å². The first-order valence-corrected chi connectivity index (χ1v) is 8.13. The molecule has 0 aromatic carbocycles. The first-order valence-electron chi connectivity index (χ1n) is 5.92. The highest BCUT2D eigenvalue weighted by Crippen LogP contribution is 2.34. The van der Waals surface area contributed by atoms with Gasteiger partial charge in [-0.2, -0.15) is 0 Å². The molecule has 2 rings (SSSR count). The van der Waals surface area contributed by atoms with Gasteiger partial charge in [0.25, 0.3) is 5.91 Å². The average molecular weight is 330 g/mol. The van der Waals surface area contributed by atoms with E-state index in [0.29, 0.717) is 9.23 Å². The average Bonchev–Trinajstić information content (AvgIpc) is 2.89. The third kappa shape index (κ3) is 3.18. The van der Waals surface area contributed by atoms with Gasteiger partial charge in [0.1, 0.15) is 10.9 Å². The highest BCUT2D eigenvalue weighted by Gasteiger charge is 2.33. The Bertz CT molecular complexity index is 542. The van der Waals surface area contributed by atoms with E-state index in [1.807, 2.05) is 14.0 Å². The number of nitrogens with zero attached hydrogens (tertiary/aromatic N) is 2. The molecule has 2 aliphatic rings. The first-order chi connectivity index (χ1) is 9.40. The summed E-state index contributed by atoms with van der Waals surface area (Å²) in [5.74, 6) is -0.353. The number of carboxylic acid groups (broad SMARTS) is 1. The van der Waals surface area contributed by atoms with E-state index in [1.54, 1.807) is 17.8 Å². The van der Waals surface area contributed by atoms with Crippen molar-refractivity contribution >= 4 is 51.9 Å². The molecule has 108 valence electrons. The SMILES string of the molecule is CC(/C=C1/SC(=S)N(CC(=O)O)C1=O)=C1\SCCN1C. The molecule has 2 aliphatic heterocycles. The molecule has 2 fully saturated rings. The van der Waals surface area contributed by atoms with Crippen molar-refractivity contribution < 1.29 is 14.7 Å². The van der Waals surface area contributed by atoms with Crippen LogP contribution in [0.2, 0.25) is 0 Å². The summed E-state index contributed by atoms with van der Waals surface area (Å²) in [7, 11) is 2.02. The zero-order valence-electron chi connectivity index (χ0n) is 11.1. The molecule has 0 aromatic heterocycles. The molecule has 0 unspecified atom stereocenters. The standard InChI is InChI=1S/C12H14N2O3S3/c1-7(11-13(2)3-4-19-11)5-8-10(17)14(6-9(15)16)12(18)20-8/h5H,3-4,6H2,1-2H3,(H,15,16)/b8-5+,11-7+. The van der Waals surface area contributed by atoms with Gasteiger partial charge >= 0.3 is 5.97 Å². The van der Waals surface area contributed by atoms with Crippen molar-refractivity contribution in [2.75, 3.05) is 25.9 Å². The van der Waals surface area contributed by atoms with Gasteiger partial charge in [-0.3, -0.25) is 14.5 Å². The lowest BCUT2D eigenvalue weighted by molar-refractivity contribution is -0.140. The normalized spacial score (nSPS) is 24.0. The largest absolute Gasteiger partial charge is 0.480 e. The summed E-state index contributed by atoms with van der Waals surface area (Å²) >= 11 is 7.97. The summed E-state index contributed by atoms with van der Waals surface area (Å²) in [5.41, 5.74) is 1.01. The van der Waals surface area contributed by atoms with E-state index in [0.717, 1.165) is 39.6 Å². The molecule has 0 spiro atoms. The molecular formula is C12H14N2O3S3. The lowest BCUT2D eigenvalue weighted by Gasteiger charge is -2.13. The maximum Gasteiger partial charge on any atom is 0.323 e. The van der Waals surface area contributed by atoms with Gasteiger partial charge in [0, 0.05) is 19.3 Å². The fraction of sp³-hybridized carbons (Fsp3) is 0.417. The van der Waals surface area contributed by atoms with E-state index in [-0.39, 0.29) is 12.5 Å². The first kappa shape index (κ1) is 15.4. The number of thioether (sulfide) groups is 2. The minimum atomic E-state index is -1.07. The molecule has 0 saturated carbocycles. The van der Waals surface area contributed by atoms with Crippen LogP contribution in [0.3, 0.4) is 0 Å². The van der Waals surface area contributed by atoms with Crippen LogP contribution >= 0.6 is 35.7 Å². The number of hydrogen-bond acceptors (Lipinski definition) is 6. The van der Waals surface area contributed by atoms with Crippen LogP contribution in [0.15, 0.2) is 21.6 Å². The summed E-state index contributed by atoms with van der Waals surface area (Å²) in [6, 6.07) is 0. The van der Waals surface area contributed by atoms with Crippen molar-refractivity contribution in [3.63, 3.8) is 0 Å². The van der Waals surface area contributed by atoms with Crippen molar-refractivity contribution in [2.45, 2.75) is 6.92 Å². The Morgan fingerprint density at radius 1 is 1.55 bits per heavy atom. The van der Waals surface area contributed by atoms with E-state index >= 15 is 0 Å². The number of carbonyl (C=O) groups is 2. The molecular weight excluding hydrogens is 316 g/mol. The quantitative estimate of drug-likeness (QED) is 0.624. The molecule has 5 nitrogen and oxygen atoms in total. The highest BCUT2D eigenvalue weighted by atomic mass is 32.2. The second-order valence-corrected chi connectivity index (χ2v) is 7.18. The van der Waals surface area contributed by atoms with Gasteiger partial charge in [-0.25, -0.2) is 0 Å². The van der Waals surface area contributed by atoms with Gasteiger partial charge < -0.3 is 10.0 Å². The zero-order chi connectivity index (χ0) is 14.9. The van der Waals surface area contributed by atoms with Gasteiger partial charge in [-0.05, 0) is 18.6 Å². The Balaban J connectivity index is 2.22. The molecule has 0 bridgehead atoms. The Kier molecular flexibility index (Phi) is 4.77. The number of carboxylic acids is 1. The number of aliphatic carboxylic acids is 1. The van der Waals surface area contributed by atoms with Crippen LogP contribution in [0.25, 0.3) is 0 Å². The molecule has 20 heavy (non-hydrogen) atoms. The van der Waals surface area contributed by atoms with E-state index < -0.39 is 5.97 Å². The number of hydrogen-bond donors (Lipinski definition) is 1. The lowest BCUT2D eigenvalue weighted by Crippen LogP contribution is -2.33. The Morgan fingerprint density at radius 3 is 2.80 bits per heavy atom. The number of carbonyl (C=O) groups excluding carboxylic acids is 1. The predicted octanol–water partition coefficient (Wildman–Crippen LogP) is 1.73. The van der Waals surface area contributed by atoms with Gasteiger partial charge in [-0.15, -0.1) is 11.8 Å². The van der Waals surface area contributed by atoms with E-state index in [4.69, 9.17) is 17.3 Å². The molecule has 0 aliphatic carbocycles. The minimum Gasteiger partial charge on any atom is -0.480 e. The van der Waals surface area contributed by atoms with Crippen molar-refractivity contribution in [3.8, 4) is 0 Å². The molecule has 1 N–H and O–H groups in total. The Hall–Kier alpha value is -0.990. The topological polar surface area (TPSA) is 60.9 Å². The lowest BCUT2D eigenvalue weighted by atomic mass is 10.2. The molecule has 0 radical (unpaired) electrons. The van der Waals surface area contributed by atoms with Crippen molar-refractivity contribution in [1.29, 1.82) is 0 Å². The van der Waals surface area contributed by atoms with Crippen LogP contribution in [-0.2, 0) is 9.59 Å². The van der Waals surface area contributed by atoms with Crippen molar-refractivity contribution in [2.24, 2.45) is 0 Å². The number of allylic oxidation sites excluding steroid dienone is 2. The Morgan fingerprint density at radius 2 is 2.25 bits per heavy atom. The van der Waals surface area contributed by atoms with Crippen LogP contribution in [0, 0.1) is 0 Å². The van der Waals surface area contributed by atoms with Crippen molar-refractivity contribution in [3.05, 3.63) is 21.6 Å². The van der Waals surface area contributed by atoms with Gasteiger partial charge in [-0.1, -0.05) is 24.0 Å². The summed E-state index contributed by atoms with van der Waals surface area (Å²) in [5, 5.41) is 9.93. The van der Waals surface area contributed by atoms with E-state index in [1.165, 1.54) is 0 Å². The number of thiocarbonyl (C=S) groups is 1. The second kappa shape index (κ2) is 6.19. The van der Waals surface area contributed by atoms with Crippen LogP contribution in [0.1, 0.15) is 6.92 Å². The summed E-state index contributed by atoms with van der Waals surface area (Å²) in [4.78, 5) is 26.6. The summed E-state index contributed by atoms with van der Waals surface area (Å²) < 4.78 is 0.300. The van der Waals surface area contributed by atoms with Gasteiger partial charge in [0.05, 0.1) is 9.93 Å². The summed E-state index contributed by atoms with van der Waals surface area (Å²) in [6.45, 7) is 2.56. The zero-order valence-corrected chi connectivity index (χ0v) is 13.5. The fourth-order valence-electron chi connectivity index (χ4n) is 1.94. The molecule has 2 saturated heterocycles. The van der Waals surface area contributed by atoms with E-state index in [2.05, 4.69) is 4.90 Å². The van der Waals surface area contributed by atoms with Crippen molar-refractivity contribution in [1.82, 2.24) is 9.80 Å². The fourth-order valence-corrected chi connectivity index (χ4v) is 4.39. The maximum absolute atomic E-state index is 12.1. The smallest absolute Gasteiger partial charge is 0.323 e. The third-order valence-corrected chi connectivity index (χ3v) is 5.54. The molecule has 0 atom stereocenters. The number of rotatable bonds is 3. The number of amides is 1. The Labute approximate surface area is 131 Å². The van der Waals surface area contributed by atoms with Crippen LogP contribution < -0.4 is 0 Å². The molecule has 0 aromatic rings. The van der Waals surface area contributed by atoms with Gasteiger partial charge in [0.2, 0.25) is 0 Å². The molecule has 2 heterocycles. The van der Waals surface area contributed by atoms with Gasteiger partial charge in [0.15, 0.2) is 0 Å². The van der Waals surface area contributed by atoms with Crippen LogP contribution in [0.5, 0.6) is 0 Å². The molecule has 8 heteroatoms. The highest BCUT2D eigenvalue weighted by molar-refractivity contribution is 8.26. The minimum absolute atomic E-state index is 0.300. The molecule has 1 amide bonds. The monoisotopic (exact) mass is 330 g/mol. The summed E-state index contributed by atoms with van der Waals surface area (Å²) in [6.07, 6.45) is 1.80. The van der Waals surface area contributed by atoms with Crippen LogP contribution in [-0.4, -0.2) is 57.0 Å². The predicted molar refractivity (Wildman–Crippen MR) is 85.4 cm³/mol. The third-order valence-electron chi connectivity index (χ3n) is 2.86.